The number of rotatable bonds is 2. The van der Waals surface area contributed by atoms with Crippen LogP contribution in [0.1, 0.15) is 18.4 Å². The van der Waals surface area contributed by atoms with E-state index in [9.17, 15) is 0 Å². The molecule has 0 amide bonds. The van der Waals surface area contributed by atoms with Gasteiger partial charge in [-0.3, -0.25) is 0 Å². The molecule has 2 rings (SSSR count). The quantitative estimate of drug-likeness (QED) is 0.648. The van der Waals surface area contributed by atoms with E-state index in [1.165, 1.54) is 18.4 Å². The normalized spacial score (nSPS) is 17.9. The monoisotopic (exact) mass is 178 g/mol. The standard InChI is InChI=1S/C11H11Cl/c12-11(10-6-7-10)8-9-4-2-1-3-5-9/h1-5,8,10H,6-7H2. The van der Waals surface area contributed by atoms with Gasteiger partial charge in [-0.05, 0) is 30.4 Å². The molecule has 1 heteroatoms. The summed E-state index contributed by atoms with van der Waals surface area (Å²) in [4.78, 5) is 0. The van der Waals surface area contributed by atoms with Crippen LogP contribution in [-0.2, 0) is 0 Å². The molecule has 12 heavy (non-hydrogen) atoms. The van der Waals surface area contributed by atoms with Crippen molar-refractivity contribution in [2.24, 2.45) is 5.92 Å². The predicted molar refractivity (Wildman–Crippen MR) is 53.0 cm³/mol. The molecule has 1 aliphatic carbocycles. The highest BCUT2D eigenvalue weighted by Crippen LogP contribution is 2.39. The molecule has 0 bridgehead atoms. The average molecular weight is 179 g/mol. The summed E-state index contributed by atoms with van der Waals surface area (Å²) >= 11 is 6.07. The minimum absolute atomic E-state index is 0.659. The molecule has 0 nitrogen and oxygen atoms in total. The van der Waals surface area contributed by atoms with Gasteiger partial charge in [-0.15, -0.1) is 0 Å². The highest BCUT2D eigenvalue weighted by atomic mass is 35.5. The maximum Gasteiger partial charge on any atom is 0.0217 e. The zero-order valence-electron chi connectivity index (χ0n) is 6.83. The summed E-state index contributed by atoms with van der Waals surface area (Å²) in [5.74, 6) is 0.659. The Kier molecular flexibility index (Phi) is 2.18. The molecule has 0 saturated heterocycles. The van der Waals surface area contributed by atoms with Crippen LogP contribution in [0, 0.1) is 5.92 Å². The number of allylic oxidation sites excluding steroid dienone is 1. The van der Waals surface area contributed by atoms with E-state index >= 15 is 0 Å². The number of hydrogen-bond donors (Lipinski definition) is 0. The van der Waals surface area contributed by atoms with E-state index in [4.69, 9.17) is 11.6 Å². The summed E-state index contributed by atoms with van der Waals surface area (Å²) in [5, 5.41) is 1.02. The fraction of sp³-hybridized carbons (Fsp3) is 0.273. The van der Waals surface area contributed by atoms with Crippen molar-refractivity contribution in [1.82, 2.24) is 0 Å². The molecule has 0 aromatic heterocycles. The van der Waals surface area contributed by atoms with Gasteiger partial charge in [0.2, 0.25) is 0 Å². The van der Waals surface area contributed by atoms with E-state index in [2.05, 4.69) is 18.2 Å². The molecule has 1 aromatic carbocycles. The van der Waals surface area contributed by atoms with Crippen LogP contribution >= 0.6 is 11.6 Å². The first kappa shape index (κ1) is 7.88. The van der Waals surface area contributed by atoms with Gasteiger partial charge in [0.05, 0.1) is 0 Å². The molecule has 1 aliphatic rings. The van der Waals surface area contributed by atoms with Crippen LogP contribution < -0.4 is 0 Å². The van der Waals surface area contributed by atoms with Gasteiger partial charge in [0, 0.05) is 5.03 Å². The van der Waals surface area contributed by atoms with Gasteiger partial charge in [0.15, 0.2) is 0 Å². The first-order chi connectivity index (χ1) is 5.86. The second-order valence-electron chi connectivity index (χ2n) is 3.21. The molecule has 0 N–H and O–H groups in total. The first-order valence-electron chi connectivity index (χ1n) is 4.28. The van der Waals surface area contributed by atoms with Gasteiger partial charge >= 0.3 is 0 Å². The van der Waals surface area contributed by atoms with Crippen molar-refractivity contribution < 1.29 is 0 Å². The summed E-state index contributed by atoms with van der Waals surface area (Å²) < 4.78 is 0. The van der Waals surface area contributed by atoms with Gasteiger partial charge < -0.3 is 0 Å². The summed E-state index contributed by atoms with van der Waals surface area (Å²) in [7, 11) is 0. The highest BCUT2D eigenvalue weighted by Gasteiger charge is 2.24. The van der Waals surface area contributed by atoms with Crippen molar-refractivity contribution in [2.45, 2.75) is 12.8 Å². The third-order valence-corrected chi connectivity index (χ3v) is 2.49. The van der Waals surface area contributed by atoms with E-state index in [0.717, 1.165) is 5.03 Å². The molecule has 62 valence electrons. The fourth-order valence-electron chi connectivity index (χ4n) is 1.19. The third-order valence-electron chi connectivity index (χ3n) is 2.07. The molecule has 0 unspecified atom stereocenters. The zero-order chi connectivity index (χ0) is 8.39. The van der Waals surface area contributed by atoms with Crippen molar-refractivity contribution in [2.75, 3.05) is 0 Å². The molecule has 0 heterocycles. The Labute approximate surface area is 77.9 Å². The second-order valence-corrected chi connectivity index (χ2v) is 3.65. The first-order valence-corrected chi connectivity index (χ1v) is 4.66. The summed E-state index contributed by atoms with van der Waals surface area (Å²) in [5.41, 5.74) is 1.20. The summed E-state index contributed by atoms with van der Waals surface area (Å²) in [6, 6.07) is 10.2. The smallest absolute Gasteiger partial charge is 0.0217 e. The van der Waals surface area contributed by atoms with Crippen molar-refractivity contribution in [3.05, 3.63) is 40.9 Å². The van der Waals surface area contributed by atoms with E-state index < -0.39 is 0 Å². The number of halogens is 1. The van der Waals surface area contributed by atoms with Gasteiger partial charge in [-0.25, -0.2) is 0 Å². The Bertz CT molecular complexity index is 283. The largest absolute Gasteiger partial charge is 0.0888 e. The van der Waals surface area contributed by atoms with Crippen LogP contribution in [0.4, 0.5) is 0 Å². The molecule has 0 atom stereocenters. The van der Waals surface area contributed by atoms with Crippen molar-refractivity contribution in [3.8, 4) is 0 Å². The average Bonchev–Trinajstić information content (AvgIpc) is 2.88. The molecule has 1 fully saturated rings. The Morgan fingerprint density at radius 3 is 2.50 bits per heavy atom. The molecule has 1 aromatic rings. The van der Waals surface area contributed by atoms with Crippen LogP contribution in [0.5, 0.6) is 0 Å². The molecular weight excluding hydrogens is 168 g/mol. The van der Waals surface area contributed by atoms with Crippen LogP contribution in [0.25, 0.3) is 6.08 Å². The second kappa shape index (κ2) is 3.32. The Balaban J connectivity index is 2.15. The van der Waals surface area contributed by atoms with Crippen LogP contribution in [0.15, 0.2) is 35.4 Å². The minimum Gasteiger partial charge on any atom is -0.0888 e. The molecular formula is C11H11Cl. The summed E-state index contributed by atoms with van der Waals surface area (Å²) in [6.45, 7) is 0. The van der Waals surface area contributed by atoms with E-state index in [1.54, 1.807) is 0 Å². The van der Waals surface area contributed by atoms with Crippen molar-refractivity contribution in [3.63, 3.8) is 0 Å². The maximum atomic E-state index is 6.07. The third kappa shape index (κ3) is 1.89. The Hall–Kier alpha value is -0.750. The highest BCUT2D eigenvalue weighted by molar-refractivity contribution is 6.32. The van der Waals surface area contributed by atoms with E-state index in [-0.39, 0.29) is 0 Å². The fourth-order valence-corrected chi connectivity index (χ4v) is 1.53. The van der Waals surface area contributed by atoms with Crippen molar-refractivity contribution >= 4 is 17.7 Å². The predicted octanol–water partition coefficient (Wildman–Crippen LogP) is 3.68. The van der Waals surface area contributed by atoms with Crippen LogP contribution in [0.2, 0.25) is 0 Å². The number of benzene rings is 1. The Morgan fingerprint density at radius 2 is 1.92 bits per heavy atom. The lowest BCUT2D eigenvalue weighted by molar-refractivity contribution is 1.10. The SMILES string of the molecule is ClC(=Cc1ccccc1)C1CC1. The van der Waals surface area contributed by atoms with E-state index in [0.29, 0.717) is 5.92 Å². The maximum absolute atomic E-state index is 6.07. The van der Waals surface area contributed by atoms with Crippen LogP contribution in [0.3, 0.4) is 0 Å². The van der Waals surface area contributed by atoms with Gasteiger partial charge in [-0.1, -0.05) is 41.9 Å². The van der Waals surface area contributed by atoms with Crippen LogP contribution in [-0.4, -0.2) is 0 Å². The molecule has 0 spiro atoms. The van der Waals surface area contributed by atoms with Gasteiger partial charge in [0.1, 0.15) is 0 Å². The molecule has 0 aliphatic heterocycles. The molecule has 1 saturated carbocycles. The summed E-state index contributed by atoms with van der Waals surface area (Å²) in [6.07, 6.45) is 4.60. The Morgan fingerprint density at radius 1 is 1.25 bits per heavy atom. The van der Waals surface area contributed by atoms with E-state index in [1.807, 2.05) is 18.2 Å². The van der Waals surface area contributed by atoms with Gasteiger partial charge in [0.25, 0.3) is 0 Å². The lowest BCUT2D eigenvalue weighted by atomic mass is 10.2. The molecule has 0 radical (unpaired) electrons. The van der Waals surface area contributed by atoms with Gasteiger partial charge in [-0.2, -0.15) is 0 Å². The zero-order valence-corrected chi connectivity index (χ0v) is 7.59. The minimum atomic E-state index is 0.659. The lowest BCUT2D eigenvalue weighted by Gasteiger charge is -1.94. The topological polar surface area (TPSA) is 0 Å². The lowest BCUT2D eigenvalue weighted by Crippen LogP contribution is -1.75. The number of hydrogen-bond acceptors (Lipinski definition) is 0. The van der Waals surface area contributed by atoms with Crippen molar-refractivity contribution in [1.29, 1.82) is 0 Å².